The molecule has 1 aliphatic carbocycles. The molecular formula is C98H120FN33O11S5. The first-order valence-corrected chi connectivity index (χ1v) is 55.3. The van der Waals surface area contributed by atoms with E-state index in [1.54, 1.807) is 56.4 Å². The number of hydrogen-bond donors (Lipinski definition) is 15. The van der Waals surface area contributed by atoms with Crippen molar-refractivity contribution in [2.45, 2.75) is 166 Å². The van der Waals surface area contributed by atoms with E-state index in [4.69, 9.17) is 25.7 Å². The lowest BCUT2D eigenvalue weighted by atomic mass is 9.96. The van der Waals surface area contributed by atoms with Gasteiger partial charge >= 0.3 is 0 Å². The van der Waals surface area contributed by atoms with Crippen LogP contribution in [0.5, 0.6) is 0 Å². The number of aromatic nitrogens is 20. The Kier molecular flexibility index (Phi) is 36.7. The monoisotopic (exact) mass is 2110 g/mol. The zero-order valence-corrected chi connectivity index (χ0v) is 86.8. The number of nitrogens with two attached hydrogens (primary N) is 5. The van der Waals surface area contributed by atoms with Gasteiger partial charge in [-0.25, -0.2) is 72.2 Å². The molecule has 4 atom stereocenters. The van der Waals surface area contributed by atoms with Crippen LogP contribution in [0.25, 0.3) is 113 Å². The van der Waals surface area contributed by atoms with E-state index >= 15 is 0 Å². The van der Waals surface area contributed by atoms with Gasteiger partial charge in [-0.05, 0) is 238 Å². The summed E-state index contributed by atoms with van der Waals surface area (Å²) in [5, 5.41) is 113. The number of piperidine rings is 1. The molecule has 5 aromatic heterocycles. The van der Waals surface area contributed by atoms with Crippen molar-refractivity contribution >= 4 is 56.0 Å². The van der Waals surface area contributed by atoms with Crippen LogP contribution < -0.4 is 52.3 Å². The number of tetrazole rings is 5. The number of likely N-dealkylation sites (N-methyl/N-ethyl adjacent to an activating group) is 1. The topological polar surface area (TPSA) is 660 Å². The number of benzene rings is 10. The van der Waals surface area contributed by atoms with Crippen LogP contribution in [0, 0.1) is 5.92 Å². The first-order valence-electron chi connectivity index (χ1n) is 47.6. The molecule has 3 aliphatic heterocycles. The number of H-pyrrole nitrogens is 5. The van der Waals surface area contributed by atoms with Crippen molar-refractivity contribution in [1.82, 2.24) is 144 Å². The zero-order chi connectivity index (χ0) is 106. The summed E-state index contributed by atoms with van der Waals surface area (Å²) >= 11 is 0. The average molecular weight is 2120 g/mol. The Morgan fingerprint density at radius 1 is 0.405 bits per heavy atom. The predicted octanol–water partition coefficient (Wildman–Crippen LogP) is 8.35. The van der Waals surface area contributed by atoms with Crippen molar-refractivity contribution in [1.29, 1.82) is 0 Å². The SMILES string of the molecule is CC.CC1(F)CN(Cc2ccc(-c3cccc(S(N)(=O)=O)c3-c3nn[nH]n3)cc2)C1.CN(C)CCCN(C)Cc1ccc(-c2cccc(S(N)(=O)=O)c2-c2nn[nH]n2)cc1.CNC(=O)CNCc1ccc(-c2cccc(S(N)(=O)=O)c2-c2nn[nH]n2)cc1.C[C@H]1CC[C@@H](NCc2ccc(-c3cccc(S(N)(=O)=O)c3-c3nn[nH]n3)cc2)C1.NS(=O)(=O)c1cccc(-c2ccc(CNC3CC4CCC(C3)N4)cc2)c1-c1nn[nH]n1. The van der Waals surface area contributed by atoms with Gasteiger partial charge in [0.05, 0.1) is 58.8 Å². The smallest absolute Gasteiger partial charge is 0.238 e. The molecule has 1 amide bonds. The molecule has 15 aromatic rings. The van der Waals surface area contributed by atoms with Crippen LogP contribution >= 0.6 is 0 Å². The molecule has 3 saturated heterocycles. The third-order valence-electron chi connectivity index (χ3n) is 25.2. The number of nitrogens with one attached hydrogen (secondary N) is 10. The van der Waals surface area contributed by atoms with Gasteiger partial charge in [-0.2, -0.15) is 26.1 Å². The Morgan fingerprint density at radius 3 is 0.986 bits per heavy atom. The zero-order valence-electron chi connectivity index (χ0n) is 82.7. The summed E-state index contributed by atoms with van der Waals surface area (Å²) in [6.07, 6.45) is 9.80. The molecule has 148 heavy (non-hydrogen) atoms. The molecule has 19 rings (SSSR count). The lowest BCUT2D eigenvalue weighted by molar-refractivity contribution is -0.119. The lowest BCUT2D eigenvalue weighted by Gasteiger charge is -2.42. The Balaban J connectivity index is 0.000000145. The maximum atomic E-state index is 13.6. The van der Waals surface area contributed by atoms with Crippen molar-refractivity contribution in [3.63, 3.8) is 0 Å². The minimum Gasteiger partial charge on any atom is -0.358 e. The van der Waals surface area contributed by atoms with Crippen LogP contribution in [-0.2, 0) is 87.6 Å². The minimum absolute atomic E-state index is 0.0299. The first-order chi connectivity index (χ1) is 70.8. The van der Waals surface area contributed by atoms with Gasteiger partial charge in [0.15, 0.2) is 0 Å². The van der Waals surface area contributed by atoms with Gasteiger partial charge in [-0.15, -0.1) is 51.0 Å². The highest BCUT2D eigenvalue weighted by Crippen LogP contribution is 2.42. The van der Waals surface area contributed by atoms with E-state index in [-0.39, 0.29) is 71.6 Å². The second-order valence-electron chi connectivity index (χ2n) is 36.7. The lowest BCUT2D eigenvalue weighted by Crippen LogP contribution is -2.56. The van der Waals surface area contributed by atoms with Gasteiger partial charge in [-0.3, -0.25) is 9.69 Å². The van der Waals surface area contributed by atoms with Crippen molar-refractivity contribution < 1.29 is 51.3 Å². The van der Waals surface area contributed by atoms with Crippen molar-refractivity contribution in [2.75, 3.05) is 60.9 Å². The Hall–Kier alpha value is -13.8. The second-order valence-corrected chi connectivity index (χ2v) is 44.3. The number of likely N-dealkylation sites (tertiary alicyclic amines) is 1. The maximum Gasteiger partial charge on any atom is 0.238 e. The molecular weight excluding hydrogens is 1990 g/mol. The van der Waals surface area contributed by atoms with Crippen LogP contribution in [0.15, 0.2) is 237 Å². The summed E-state index contributed by atoms with van der Waals surface area (Å²) in [5.74, 6) is 1.53. The molecule has 4 aliphatic rings. The molecule has 1 saturated carbocycles. The summed E-state index contributed by atoms with van der Waals surface area (Å²) < 4.78 is 135. The quantitative estimate of drug-likeness (QED) is 0.0184. The third-order valence-corrected chi connectivity index (χ3v) is 30.0. The van der Waals surface area contributed by atoms with E-state index in [0.717, 1.165) is 84.0 Å². The largest absolute Gasteiger partial charge is 0.358 e. The number of sulfonamides is 5. The number of halogens is 1. The molecule has 2 unspecified atom stereocenters. The number of nitrogens with zero attached hydrogens (tertiary/aromatic N) is 18. The van der Waals surface area contributed by atoms with E-state index < -0.39 is 55.8 Å². The molecule has 8 heterocycles. The molecule has 10 aromatic carbocycles. The first kappa shape index (κ1) is 110. The van der Waals surface area contributed by atoms with Gasteiger partial charge in [0.2, 0.25) is 85.1 Å². The number of hydrogen-bond acceptors (Lipinski definition) is 33. The molecule has 50 heteroatoms. The highest BCUT2D eigenvalue weighted by atomic mass is 32.2. The Morgan fingerprint density at radius 2 is 0.709 bits per heavy atom. The van der Waals surface area contributed by atoms with Gasteiger partial charge in [0.1, 0.15) is 5.67 Å². The number of carbonyl (C=O) groups excluding carboxylic acids is 1. The molecule has 2 bridgehead atoms. The molecule has 0 radical (unpaired) electrons. The van der Waals surface area contributed by atoms with E-state index in [2.05, 4.69) is 180 Å². The molecule has 20 N–H and O–H groups in total. The fourth-order valence-electron chi connectivity index (χ4n) is 18.4. The summed E-state index contributed by atoms with van der Waals surface area (Å²) in [6.45, 7) is 14.7. The number of aromatic amines is 5. The van der Waals surface area contributed by atoms with Gasteiger partial charge in [0, 0.05) is 77.0 Å². The van der Waals surface area contributed by atoms with Crippen molar-refractivity contribution in [3.8, 4) is 113 Å². The van der Waals surface area contributed by atoms with Crippen LogP contribution in [0.3, 0.4) is 0 Å². The standard InChI is InChI=1S/C21H25N7O2S.C20H27N7O2S.C20H24N6O2S.C18H19FN6O2S.C17H19N7O3S.C2H6/c22-31(29,30)19-3-1-2-18(20(19)21-25-27-28-26-21)14-6-4-13(5-7-14)12-23-17-10-15-8-9-16(11-17)24-15;1-26(2)12-5-13-27(3)14-15-8-10-16(11-9-15)17-6-4-7-18(30(21,28)29)19(17)20-22-24-25-23-20;1-13-5-10-16(11-13)22-12-14-6-8-15(9-7-14)17-3-2-4-18(29(21,27)28)19(17)20-23-25-26-24-20;1-18(19)10-25(11-18)9-12-5-7-13(8-6-12)14-3-2-4-15(28(20,26)27)16(14)17-21-23-24-22-17;1-19-15(25)10-20-9-11-5-7-12(8-6-11)13-3-2-4-14(28(18,26)27)16(13)17-21-23-24-22-17;1-2/h1-7,15-17,23-24H,8-12H2,(H2,22,29,30)(H,25,26,27,28);4,6-11H,5,12-14H2,1-3H3,(H2,21,28,29)(H,22,23,24,25);2-4,6-9,13,16,22H,5,10-12H2,1H3,(H2,21,27,28)(H,23,24,25,26);2-8H,9-11H2,1H3,(H2,20,26,27)(H,21,22,23,24);2-8,20H,9-10H2,1H3,(H,19,25)(H2,18,26,27)(H,21,22,23,24);1-2H3/t;;13-,16+;;;/m..0.../s1. The van der Waals surface area contributed by atoms with E-state index in [1.165, 1.54) is 92.0 Å². The number of alkyl halides is 1. The number of rotatable bonds is 33. The van der Waals surface area contributed by atoms with Gasteiger partial charge in [-0.1, -0.05) is 203 Å². The Labute approximate surface area is 857 Å². The molecule has 4 fully saturated rings. The third kappa shape index (κ3) is 29.2. The second kappa shape index (κ2) is 49.4. The van der Waals surface area contributed by atoms with Crippen LogP contribution in [0.2, 0.25) is 0 Å². The van der Waals surface area contributed by atoms with Gasteiger partial charge < -0.3 is 36.4 Å². The molecule has 0 spiro atoms. The summed E-state index contributed by atoms with van der Waals surface area (Å²) in [7, 11) is -12.0. The summed E-state index contributed by atoms with van der Waals surface area (Å²) in [5.41, 5.74) is 13.4. The van der Waals surface area contributed by atoms with Crippen LogP contribution in [0.4, 0.5) is 4.39 Å². The maximum absolute atomic E-state index is 13.6. The highest BCUT2D eigenvalue weighted by Gasteiger charge is 2.39. The van der Waals surface area contributed by atoms with Gasteiger partial charge in [0.25, 0.3) is 0 Å². The van der Waals surface area contributed by atoms with E-state index in [9.17, 15) is 51.3 Å². The number of carbonyl (C=O) groups is 1. The van der Waals surface area contributed by atoms with E-state index in [0.29, 0.717) is 100 Å². The Bertz CT molecular complexity index is 7530. The number of fused-ring (bicyclic) bond motifs is 2. The summed E-state index contributed by atoms with van der Waals surface area (Å²) in [4.78, 5) is 17.5. The van der Waals surface area contributed by atoms with Crippen LogP contribution in [-0.4, -0.2) is 257 Å². The van der Waals surface area contributed by atoms with Crippen molar-refractivity contribution in [3.05, 3.63) is 240 Å². The van der Waals surface area contributed by atoms with Crippen LogP contribution in [0.1, 0.15) is 107 Å². The van der Waals surface area contributed by atoms with Crippen molar-refractivity contribution in [2.24, 2.45) is 31.6 Å². The fraction of sp³-hybridized carbons (Fsp3) is 0.327. The minimum atomic E-state index is -3.99. The predicted molar refractivity (Wildman–Crippen MR) is 557 cm³/mol. The summed E-state index contributed by atoms with van der Waals surface area (Å²) in [6, 6.07) is 66.1. The fourth-order valence-corrected chi connectivity index (χ4v) is 22.1. The normalized spacial score (nSPS) is 16.5. The number of primary sulfonamides is 5. The molecule has 780 valence electrons. The molecule has 44 nitrogen and oxygen atoms in total. The van der Waals surface area contributed by atoms with E-state index in [1.807, 2.05) is 146 Å². The number of amides is 1. The average Bonchev–Trinajstić information content (AvgIpc) is 1.36. The highest BCUT2D eigenvalue weighted by molar-refractivity contribution is 7.90.